The molecule has 71 valence electrons. The lowest BCUT2D eigenvalue weighted by molar-refractivity contribution is -0.120. The van der Waals surface area contributed by atoms with Crippen molar-refractivity contribution in [1.29, 1.82) is 0 Å². The van der Waals surface area contributed by atoms with Crippen LogP contribution in [0.1, 0.15) is 0 Å². The zero-order valence-electron chi connectivity index (χ0n) is 5.97. The molecule has 13 heavy (non-hydrogen) atoms. The molecule has 0 spiro atoms. The molecular weight excluding hydrogens is 191 g/mol. The largest absolute Gasteiger partial charge is 0.433 e. The normalized spacial score (nSPS) is 18.4. The van der Waals surface area contributed by atoms with Crippen molar-refractivity contribution < 1.29 is 22.8 Å². The first kappa shape index (κ1) is 9.36. The highest BCUT2D eigenvalue weighted by atomic mass is 19.4. The van der Waals surface area contributed by atoms with Crippen LogP contribution in [0.3, 0.4) is 0 Å². The molecule has 1 radical (unpaired) electrons. The maximum Gasteiger partial charge on any atom is 0.433 e. The average molecular weight is 194 g/mol. The van der Waals surface area contributed by atoms with Gasteiger partial charge in [-0.2, -0.15) is 18.5 Å². The maximum absolute atomic E-state index is 12.0. The third-order valence-electron chi connectivity index (χ3n) is 1.22. The molecule has 1 heterocycles. The third-order valence-corrected chi connectivity index (χ3v) is 1.22. The lowest BCUT2D eigenvalue weighted by Crippen LogP contribution is -2.47. The van der Waals surface area contributed by atoms with Gasteiger partial charge in [0, 0.05) is 0 Å². The number of halogens is 3. The van der Waals surface area contributed by atoms with Gasteiger partial charge in [-0.15, -0.1) is 0 Å². The number of nitrogens with two attached hydrogens (primary N) is 1. The van der Waals surface area contributed by atoms with Crippen LogP contribution in [0.4, 0.5) is 18.0 Å². The Hall–Kier alpha value is -1.73. The Morgan fingerprint density at radius 3 is 2.31 bits per heavy atom. The van der Waals surface area contributed by atoms with Crippen LogP contribution >= 0.6 is 0 Å². The van der Waals surface area contributed by atoms with Gasteiger partial charge >= 0.3 is 12.2 Å². The van der Waals surface area contributed by atoms with Crippen LogP contribution < -0.4 is 16.4 Å². The van der Waals surface area contributed by atoms with Gasteiger partial charge in [-0.1, -0.05) is 0 Å². The van der Waals surface area contributed by atoms with Crippen LogP contribution in [-0.2, 0) is 4.79 Å². The summed E-state index contributed by atoms with van der Waals surface area (Å²) in [6.07, 6.45) is -4.86. The number of carbonyl (C=O) groups is 2. The Labute approximate surface area is 69.8 Å². The Balaban J connectivity index is 3.12. The summed E-state index contributed by atoms with van der Waals surface area (Å²) >= 11 is 0. The molecule has 0 aromatic rings. The molecule has 0 unspecified atom stereocenters. The molecule has 0 atom stereocenters. The summed E-state index contributed by atoms with van der Waals surface area (Å²) in [5.74, 6) is -1.38. The number of rotatable bonds is 0. The van der Waals surface area contributed by atoms with E-state index < -0.39 is 29.5 Å². The van der Waals surface area contributed by atoms with Crippen molar-refractivity contribution in [1.82, 2.24) is 10.6 Å². The number of hydrogen-bond acceptors (Lipinski definition) is 3. The monoisotopic (exact) mass is 194 g/mol. The van der Waals surface area contributed by atoms with E-state index in [1.807, 2.05) is 0 Å². The van der Waals surface area contributed by atoms with Gasteiger partial charge in [0.1, 0.15) is 5.70 Å². The highest BCUT2D eigenvalue weighted by molar-refractivity contribution is 6.06. The number of amides is 3. The van der Waals surface area contributed by atoms with E-state index in [0.29, 0.717) is 0 Å². The molecule has 0 bridgehead atoms. The molecular formula is C5H3F3N3O2. The number of carbonyl (C=O) groups excluding carboxylic acids is 2. The van der Waals surface area contributed by atoms with E-state index in [2.05, 4.69) is 5.32 Å². The molecule has 3 N–H and O–H groups in total. The summed E-state index contributed by atoms with van der Waals surface area (Å²) < 4.78 is 36.0. The minimum Gasteiger partial charge on any atom is -0.392 e. The Kier molecular flexibility index (Phi) is 1.90. The number of nitrogens with zero attached hydrogens (tertiary/aromatic N) is 1. The molecule has 0 aromatic heterocycles. The molecule has 1 aliphatic rings. The van der Waals surface area contributed by atoms with Crippen molar-refractivity contribution >= 4 is 11.9 Å². The second-order valence-electron chi connectivity index (χ2n) is 2.13. The second kappa shape index (κ2) is 2.64. The van der Waals surface area contributed by atoms with Gasteiger partial charge in [0.25, 0.3) is 5.91 Å². The van der Waals surface area contributed by atoms with E-state index >= 15 is 0 Å². The van der Waals surface area contributed by atoms with Crippen LogP contribution in [0.2, 0.25) is 0 Å². The molecule has 5 nitrogen and oxygen atoms in total. The second-order valence-corrected chi connectivity index (χ2v) is 2.13. The highest BCUT2D eigenvalue weighted by Gasteiger charge is 2.42. The SMILES string of the molecule is NC1=C(C(F)(F)F)NC(=O)[N]C1=O. The van der Waals surface area contributed by atoms with Gasteiger partial charge in [-0.3, -0.25) is 10.1 Å². The lowest BCUT2D eigenvalue weighted by Gasteiger charge is -2.18. The van der Waals surface area contributed by atoms with Crippen LogP contribution in [0.15, 0.2) is 11.4 Å². The fourth-order valence-electron chi connectivity index (χ4n) is 0.685. The molecule has 0 saturated carbocycles. The summed E-state index contributed by atoms with van der Waals surface area (Å²) in [7, 11) is 0. The molecule has 0 fully saturated rings. The summed E-state index contributed by atoms with van der Waals surface area (Å²) in [6, 6.07) is -1.37. The van der Waals surface area contributed by atoms with E-state index in [9.17, 15) is 22.8 Å². The number of allylic oxidation sites excluding steroid dienone is 1. The quantitative estimate of drug-likeness (QED) is 0.548. The first-order valence-electron chi connectivity index (χ1n) is 2.96. The summed E-state index contributed by atoms with van der Waals surface area (Å²) in [5.41, 5.74) is 2.11. The lowest BCUT2D eigenvalue weighted by atomic mass is 10.2. The predicted molar refractivity (Wildman–Crippen MR) is 32.9 cm³/mol. The standard InChI is InChI=1S/C5H3F3N3O2/c6-5(7,8)2-1(9)3(12)11-4(13)10-2/h9H2,(H,10,13). The highest BCUT2D eigenvalue weighted by Crippen LogP contribution is 2.25. The van der Waals surface area contributed by atoms with Crippen LogP contribution in [0, 0.1) is 0 Å². The number of imide groups is 1. The fraction of sp³-hybridized carbons (Fsp3) is 0.200. The molecule has 3 amide bonds. The summed E-state index contributed by atoms with van der Waals surface area (Å²) in [4.78, 5) is 20.9. The van der Waals surface area contributed by atoms with E-state index in [1.165, 1.54) is 5.32 Å². The molecule has 1 rings (SSSR count). The third kappa shape index (κ3) is 1.71. The molecule has 0 aromatic carbocycles. The van der Waals surface area contributed by atoms with Crippen LogP contribution in [0.5, 0.6) is 0 Å². The minimum absolute atomic E-state index is 1.10. The summed E-state index contributed by atoms with van der Waals surface area (Å²) in [6.45, 7) is 0. The predicted octanol–water partition coefficient (Wildman–Crippen LogP) is -0.427. The van der Waals surface area contributed by atoms with Crippen molar-refractivity contribution in [2.24, 2.45) is 5.73 Å². The number of nitrogens with one attached hydrogen (secondary N) is 1. The van der Waals surface area contributed by atoms with Gasteiger partial charge in [-0.25, -0.2) is 4.79 Å². The molecule has 0 aliphatic carbocycles. The van der Waals surface area contributed by atoms with Crippen LogP contribution in [-0.4, -0.2) is 18.1 Å². The van der Waals surface area contributed by atoms with E-state index in [0.717, 1.165) is 0 Å². The van der Waals surface area contributed by atoms with E-state index in [4.69, 9.17) is 5.73 Å². The van der Waals surface area contributed by atoms with Gasteiger partial charge in [0.05, 0.1) is 0 Å². The summed E-state index contributed by atoms with van der Waals surface area (Å²) in [5, 5.41) is 4.00. The fourth-order valence-corrected chi connectivity index (χ4v) is 0.685. The Morgan fingerprint density at radius 2 is 1.85 bits per heavy atom. The topological polar surface area (TPSA) is 86.3 Å². The first-order chi connectivity index (χ1) is 5.82. The number of hydrogen-bond donors (Lipinski definition) is 2. The average Bonchev–Trinajstić information content (AvgIpc) is 1.94. The smallest absolute Gasteiger partial charge is 0.392 e. The van der Waals surface area contributed by atoms with E-state index in [1.54, 1.807) is 0 Å². The molecule has 1 aliphatic heterocycles. The van der Waals surface area contributed by atoms with Crippen molar-refractivity contribution in [2.45, 2.75) is 6.18 Å². The van der Waals surface area contributed by atoms with Crippen molar-refractivity contribution in [3.8, 4) is 0 Å². The van der Waals surface area contributed by atoms with Crippen molar-refractivity contribution in [3.05, 3.63) is 11.4 Å². The molecule has 0 saturated heterocycles. The minimum atomic E-state index is -4.86. The first-order valence-corrected chi connectivity index (χ1v) is 2.96. The van der Waals surface area contributed by atoms with Gasteiger partial charge in [0.15, 0.2) is 5.70 Å². The zero-order valence-corrected chi connectivity index (χ0v) is 5.97. The van der Waals surface area contributed by atoms with Gasteiger partial charge in [-0.05, 0) is 0 Å². The van der Waals surface area contributed by atoms with Crippen molar-refractivity contribution in [3.63, 3.8) is 0 Å². The van der Waals surface area contributed by atoms with Crippen molar-refractivity contribution in [2.75, 3.05) is 0 Å². The Bertz CT molecular complexity index is 307. The number of alkyl halides is 3. The Morgan fingerprint density at radius 1 is 1.31 bits per heavy atom. The zero-order chi connectivity index (χ0) is 10.2. The van der Waals surface area contributed by atoms with Gasteiger partial charge in [0.2, 0.25) is 0 Å². The number of urea groups is 1. The molecule has 8 heteroatoms. The van der Waals surface area contributed by atoms with E-state index in [-0.39, 0.29) is 0 Å². The maximum atomic E-state index is 12.0. The van der Waals surface area contributed by atoms with Gasteiger partial charge < -0.3 is 5.73 Å². The van der Waals surface area contributed by atoms with Crippen LogP contribution in [0.25, 0.3) is 0 Å².